The van der Waals surface area contributed by atoms with E-state index in [0.29, 0.717) is 0 Å². The molecule has 1 aliphatic carbocycles. The van der Waals surface area contributed by atoms with E-state index >= 15 is 0 Å². The molecule has 9 aromatic rings. The lowest BCUT2D eigenvalue weighted by Gasteiger charge is -2.29. The molecule has 9 aromatic carbocycles. The molecule has 236 valence electrons. The minimum atomic E-state index is -0.0495. The van der Waals surface area contributed by atoms with Crippen molar-refractivity contribution in [1.82, 2.24) is 0 Å². The van der Waals surface area contributed by atoms with Gasteiger partial charge in [0, 0.05) is 22.2 Å². The molecule has 0 atom stereocenters. The number of anilines is 3. The lowest BCUT2D eigenvalue weighted by Crippen LogP contribution is -2.15. The van der Waals surface area contributed by atoms with Crippen molar-refractivity contribution in [3.63, 3.8) is 0 Å². The van der Waals surface area contributed by atoms with E-state index < -0.39 is 0 Å². The Bertz CT molecular complexity index is 2780. The zero-order valence-electron chi connectivity index (χ0n) is 28.2. The lowest BCUT2D eigenvalue weighted by molar-refractivity contribution is 0.660. The zero-order chi connectivity index (χ0) is 33.4. The second-order valence-electron chi connectivity index (χ2n) is 14.1. The summed E-state index contributed by atoms with van der Waals surface area (Å²) in [6.07, 6.45) is 0. The summed E-state index contributed by atoms with van der Waals surface area (Å²) in [6.45, 7) is 4.70. The summed E-state index contributed by atoms with van der Waals surface area (Å²) in [5, 5.41) is 10.1. The molecule has 0 aromatic heterocycles. The topological polar surface area (TPSA) is 3.24 Å². The van der Waals surface area contributed by atoms with E-state index in [0.717, 1.165) is 11.4 Å². The van der Waals surface area contributed by atoms with Crippen molar-refractivity contribution in [2.45, 2.75) is 19.3 Å². The molecule has 0 unspecified atom stereocenters. The van der Waals surface area contributed by atoms with Crippen LogP contribution >= 0.6 is 0 Å². The van der Waals surface area contributed by atoms with Gasteiger partial charge in [0.25, 0.3) is 0 Å². The van der Waals surface area contributed by atoms with Crippen LogP contribution in [0.5, 0.6) is 0 Å². The minimum Gasteiger partial charge on any atom is -0.310 e. The van der Waals surface area contributed by atoms with Crippen LogP contribution < -0.4 is 4.90 Å². The maximum atomic E-state index is 2.47. The molecule has 0 saturated heterocycles. The van der Waals surface area contributed by atoms with Crippen LogP contribution in [0.15, 0.2) is 176 Å². The molecule has 50 heavy (non-hydrogen) atoms. The van der Waals surface area contributed by atoms with Crippen LogP contribution in [0, 0.1) is 0 Å². The Kier molecular flexibility index (Phi) is 6.29. The van der Waals surface area contributed by atoms with Gasteiger partial charge < -0.3 is 4.90 Å². The Morgan fingerprint density at radius 3 is 1.78 bits per heavy atom. The largest absolute Gasteiger partial charge is 0.310 e. The maximum absolute atomic E-state index is 2.47. The summed E-state index contributed by atoms with van der Waals surface area (Å²) < 4.78 is 0. The molecule has 0 aliphatic heterocycles. The fraction of sp³-hybridized carbons (Fsp3) is 0.0612. The first-order valence-corrected chi connectivity index (χ1v) is 17.5. The monoisotopic (exact) mass is 637 g/mol. The fourth-order valence-electron chi connectivity index (χ4n) is 8.59. The van der Waals surface area contributed by atoms with Crippen LogP contribution in [0.2, 0.25) is 0 Å². The fourth-order valence-corrected chi connectivity index (χ4v) is 8.59. The van der Waals surface area contributed by atoms with Crippen molar-refractivity contribution in [3.8, 4) is 22.3 Å². The van der Waals surface area contributed by atoms with Gasteiger partial charge in [-0.2, -0.15) is 0 Å². The van der Waals surface area contributed by atoms with E-state index in [1.165, 1.54) is 82.2 Å². The first-order valence-electron chi connectivity index (χ1n) is 17.5. The molecule has 0 heterocycles. The third kappa shape index (κ3) is 4.27. The zero-order valence-corrected chi connectivity index (χ0v) is 28.2. The number of benzene rings is 9. The molecule has 1 nitrogen and oxygen atoms in total. The molecule has 0 amide bonds. The molecule has 0 saturated carbocycles. The Balaban J connectivity index is 1.23. The van der Waals surface area contributed by atoms with Crippen molar-refractivity contribution in [1.29, 1.82) is 0 Å². The quantitative estimate of drug-likeness (QED) is 0.174. The van der Waals surface area contributed by atoms with Gasteiger partial charge in [-0.1, -0.05) is 159 Å². The minimum absolute atomic E-state index is 0.0495. The predicted octanol–water partition coefficient (Wildman–Crippen LogP) is 13.7. The van der Waals surface area contributed by atoms with Crippen molar-refractivity contribution in [3.05, 3.63) is 187 Å². The summed E-state index contributed by atoms with van der Waals surface area (Å²) in [7, 11) is 0. The molecule has 10 rings (SSSR count). The molecular weight excluding hydrogens is 603 g/mol. The predicted molar refractivity (Wildman–Crippen MR) is 214 cm³/mol. The summed E-state index contributed by atoms with van der Waals surface area (Å²) in [5.74, 6) is 0. The van der Waals surface area contributed by atoms with Crippen molar-refractivity contribution >= 4 is 60.2 Å². The number of rotatable bonds is 4. The highest BCUT2D eigenvalue weighted by Crippen LogP contribution is 2.51. The van der Waals surface area contributed by atoms with Gasteiger partial charge in [-0.05, 0) is 101 Å². The summed E-state index contributed by atoms with van der Waals surface area (Å²) in [5.41, 5.74) is 11.3. The van der Waals surface area contributed by atoms with Gasteiger partial charge >= 0.3 is 0 Å². The Morgan fingerprint density at radius 2 is 0.960 bits per heavy atom. The third-order valence-corrected chi connectivity index (χ3v) is 11.0. The second-order valence-corrected chi connectivity index (χ2v) is 14.1. The first kappa shape index (κ1) is 28.8. The lowest BCUT2D eigenvalue weighted by atomic mass is 9.82. The molecule has 0 radical (unpaired) electrons. The van der Waals surface area contributed by atoms with Gasteiger partial charge in [0.05, 0.1) is 5.69 Å². The number of nitrogens with zero attached hydrogens (tertiary/aromatic N) is 1. The summed E-state index contributed by atoms with van der Waals surface area (Å²) in [6, 6.07) is 65.0. The summed E-state index contributed by atoms with van der Waals surface area (Å²) >= 11 is 0. The Morgan fingerprint density at radius 1 is 0.380 bits per heavy atom. The van der Waals surface area contributed by atoms with Gasteiger partial charge in [0.2, 0.25) is 0 Å². The van der Waals surface area contributed by atoms with Crippen LogP contribution in [-0.2, 0) is 5.41 Å². The highest BCUT2D eigenvalue weighted by molar-refractivity contribution is 6.23. The molecule has 0 N–H and O–H groups in total. The van der Waals surface area contributed by atoms with Gasteiger partial charge in [0.1, 0.15) is 0 Å². The normalized spacial score (nSPS) is 13.2. The van der Waals surface area contributed by atoms with Crippen molar-refractivity contribution < 1.29 is 0 Å². The van der Waals surface area contributed by atoms with Gasteiger partial charge in [-0.3, -0.25) is 0 Å². The summed E-state index contributed by atoms with van der Waals surface area (Å²) in [4.78, 5) is 2.47. The van der Waals surface area contributed by atoms with Crippen molar-refractivity contribution in [2.75, 3.05) is 4.90 Å². The van der Waals surface area contributed by atoms with E-state index in [2.05, 4.69) is 195 Å². The van der Waals surface area contributed by atoms with Crippen LogP contribution in [0.1, 0.15) is 25.0 Å². The van der Waals surface area contributed by atoms with Gasteiger partial charge in [0.15, 0.2) is 0 Å². The van der Waals surface area contributed by atoms with E-state index in [-0.39, 0.29) is 5.41 Å². The Labute approximate surface area is 292 Å². The number of hydrogen-bond acceptors (Lipinski definition) is 1. The molecule has 0 spiro atoms. The average Bonchev–Trinajstić information content (AvgIpc) is 3.40. The van der Waals surface area contributed by atoms with E-state index in [4.69, 9.17) is 0 Å². The molecule has 1 heteroatoms. The Hall–Kier alpha value is -6.18. The average molecular weight is 638 g/mol. The molecule has 1 aliphatic rings. The standard InChI is InChI=1S/C49H35N/c1-49(2)45-21-10-9-17-41(45)44-31-37(28-29-46(44)49)50(36-26-24-34(25-27-36)39-20-11-14-32-12-3-5-15-38(32)39)47-30-35-23-22-33-13-4-6-16-40(33)48(35)43-19-8-7-18-42(43)47/h3-31H,1-2H3. The van der Waals surface area contributed by atoms with Crippen LogP contribution in [0.3, 0.4) is 0 Å². The van der Waals surface area contributed by atoms with E-state index in [9.17, 15) is 0 Å². The third-order valence-electron chi connectivity index (χ3n) is 11.0. The first-order chi connectivity index (χ1) is 24.6. The smallest absolute Gasteiger partial charge is 0.0546 e. The number of hydrogen-bond donors (Lipinski definition) is 0. The highest BCUT2D eigenvalue weighted by atomic mass is 15.1. The number of fused-ring (bicyclic) bond motifs is 9. The van der Waals surface area contributed by atoms with Crippen LogP contribution in [-0.4, -0.2) is 0 Å². The van der Waals surface area contributed by atoms with Crippen molar-refractivity contribution in [2.24, 2.45) is 0 Å². The molecule has 0 bridgehead atoms. The van der Waals surface area contributed by atoms with Crippen LogP contribution in [0.25, 0.3) is 65.3 Å². The SMILES string of the molecule is CC1(C)c2ccccc2-c2cc(N(c3ccc(-c4cccc5ccccc45)cc3)c3cc4ccc5ccccc5c4c4ccccc34)ccc21. The van der Waals surface area contributed by atoms with Gasteiger partial charge in [-0.25, -0.2) is 0 Å². The van der Waals surface area contributed by atoms with Crippen LogP contribution in [0.4, 0.5) is 17.1 Å². The molecule has 0 fully saturated rings. The van der Waals surface area contributed by atoms with E-state index in [1.54, 1.807) is 0 Å². The van der Waals surface area contributed by atoms with Gasteiger partial charge in [-0.15, -0.1) is 0 Å². The highest BCUT2D eigenvalue weighted by Gasteiger charge is 2.35. The maximum Gasteiger partial charge on any atom is 0.0546 e. The molecular formula is C49H35N. The second kappa shape index (κ2) is 10.9. The van der Waals surface area contributed by atoms with E-state index in [1.807, 2.05) is 0 Å².